The van der Waals surface area contributed by atoms with Crippen molar-refractivity contribution < 1.29 is 4.79 Å². The molecule has 0 spiro atoms. The van der Waals surface area contributed by atoms with Crippen molar-refractivity contribution in [3.8, 4) is 0 Å². The lowest BCUT2D eigenvalue weighted by Gasteiger charge is -2.36. The Hall–Kier alpha value is -1.95. The Morgan fingerprint density at radius 2 is 1.95 bits per heavy atom. The van der Waals surface area contributed by atoms with Crippen LogP contribution in [0.2, 0.25) is 0 Å². The predicted octanol–water partition coefficient (Wildman–Crippen LogP) is 2.71. The van der Waals surface area contributed by atoms with Crippen LogP contribution in [0.1, 0.15) is 25.3 Å². The summed E-state index contributed by atoms with van der Waals surface area (Å²) in [4.78, 5) is 27.0. The third-order valence-electron chi connectivity index (χ3n) is 4.22. The molecule has 1 N–H and O–H groups in total. The van der Waals surface area contributed by atoms with Gasteiger partial charge in [-0.1, -0.05) is 12.1 Å². The van der Waals surface area contributed by atoms with Crippen molar-refractivity contribution in [1.29, 1.82) is 0 Å². The Morgan fingerprint density at radius 3 is 2.50 bits per heavy atom. The second kappa shape index (κ2) is 7.89. The highest BCUT2D eigenvalue weighted by atomic mass is 16.3. The van der Waals surface area contributed by atoms with Gasteiger partial charge in [0.15, 0.2) is 0 Å². The third kappa shape index (κ3) is 4.27. The third-order valence-corrected chi connectivity index (χ3v) is 4.22. The molecular formula is C16H24N4O2. The highest BCUT2D eigenvalue weighted by Gasteiger charge is 2.25. The number of nitrogens with zero attached hydrogens (tertiary/aromatic N) is 3. The summed E-state index contributed by atoms with van der Waals surface area (Å²) in [6.07, 6.45) is 2.05. The Kier molecular flexibility index (Phi) is 5.89. The van der Waals surface area contributed by atoms with E-state index in [9.17, 15) is 9.70 Å². The second-order valence-corrected chi connectivity index (χ2v) is 5.74. The first-order valence-corrected chi connectivity index (χ1v) is 7.79. The molecule has 2 amide bonds. The molecule has 0 radical (unpaired) electrons. The molecule has 1 heterocycles. The van der Waals surface area contributed by atoms with Gasteiger partial charge in [-0.2, -0.15) is 0 Å². The number of hydrogen-bond acceptors (Lipinski definition) is 4. The fourth-order valence-corrected chi connectivity index (χ4v) is 2.83. The van der Waals surface area contributed by atoms with Gasteiger partial charge in [0.2, 0.25) is 0 Å². The summed E-state index contributed by atoms with van der Waals surface area (Å²) in [5.41, 5.74) is 1.36. The Bertz CT molecular complexity index is 495. The number of carbonyl (C=O) groups excluding carboxylic acids is 1. The van der Waals surface area contributed by atoms with Gasteiger partial charge in [-0.15, -0.1) is 4.91 Å². The van der Waals surface area contributed by atoms with E-state index in [4.69, 9.17) is 0 Å². The van der Waals surface area contributed by atoms with Gasteiger partial charge in [-0.25, -0.2) is 4.79 Å². The van der Waals surface area contributed by atoms with E-state index in [1.165, 1.54) is 0 Å². The van der Waals surface area contributed by atoms with Crippen LogP contribution in [-0.4, -0.2) is 48.6 Å². The van der Waals surface area contributed by atoms with Crippen LogP contribution in [0.5, 0.6) is 0 Å². The van der Waals surface area contributed by atoms with E-state index >= 15 is 0 Å². The number of rotatable bonds is 5. The minimum absolute atomic E-state index is 0.0189. The highest BCUT2D eigenvalue weighted by molar-refractivity contribution is 5.74. The Labute approximate surface area is 131 Å². The van der Waals surface area contributed by atoms with Crippen LogP contribution < -0.4 is 5.32 Å². The number of nitroso groups, excluding NO2 is 1. The van der Waals surface area contributed by atoms with Crippen LogP contribution in [0.4, 0.5) is 10.5 Å². The molecule has 1 fully saturated rings. The topological polar surface area (TPSA) is 65.0 Å². The lowest BCUT2D eigenvalue weighted by Crippen LogP contribution is -2.49. The summed E-state index contributed by atoms with van der Waals surface area (Å²) in [5.74, 6) is 0. The fraction of sp³-hybridized carbons (Fsp3) is 0.562. The number of urea groups is 1. The molecule has 1 aliphatic rings. The first kappa shape index (κ1) is 16.4. The van der Waals surface area contributed by atoms with Gasteiger partial charge in [0.05, 0.1) is 0 Å². The molecule has 6 nitrogen and oxygen atoms in total. The summed E-state index contributed by atoms with van der Waals surface area (Å²) >= 11 is 0. The first-order chi connectivity index (χ1) is 10.6. The average molecular weight is 304 g/mol. The molecule has 0 aliphatic carbocycles. The van der Waals surface area contributed by atoms with E-state index in [0.717, 1.165) is 31.5 Å². The predicted molar refractivity (Wildman–Crippen MR) is 87.0 cm³/mol. The van der Waals surface area contributed by atoms with Crippen LogP contribution in [0.25, 0.3) is 0 Å². The minimum atomic E-state index is -0.0189. The van der Waals surface area contributed by atoms with Crippen molar-refractivity contribution in [1.82, 2.24) is 15.1 Å². The maximum absolute atomic E-state index is 12.4. The zero-order valence-corrected chi connectivity index (χ0v) is 13.3. The van der Waals surface area contributed by atoms with E-state index < -0.39 is 0 Å². The molecular weight excluding hydrogens is 280 g/mol. The first-order valence-electron chi connectivity index (χ1n) is 7.79. The molecule has 0 atom stereocenters. The lowest BCUT2D eigenvalue weighted by molar-refractivity contribution is 0.135. The smallest absolute Gasteiger partial charge is 0.317 e. The van der Waals surface area contributed by atoms with Gasteiger partial charge in [0.25, 0.3) is 0 Å². The van der Waals surface area contributed by atoms with Gasteiger partial charge in [-0.3, -0.25) is 0 Å². The van der Waals surface area contributed by atoms with Crippen molar-refractivity contribution in [3.05, 3.63) is 34.7 Å². The maximum Gasteiger partial charge on any atom is 0.317 e. The van der Waals surface area contributed by atoms with Gasteiger partial charge in [-0.05, 0) is 62.8 Å². The molecule has 1 aromatic carbocycles. The molecule has 1 aromatic rings. The molecule has 1 aliphatic heterocycles. The molecule has 120 valence electrons. The van der Waals surface area contributed by atoms with Crippen molar-refractivity contribution in [3.63, 3.8) is 0 Å². The van der Waals surface area contributed by atoms with E-state index in [0.29, 0.717) is 24.8 Å². The van der Waals surface area contributed by atoms with Gasteiger partial charge in [0.1, 0.15) is 5.69 Å². The Morgan fingerprint density at radius 1 is 1.32 bits per heavy atom. The number of hydrogen-bond donors (Lipinski definition) is 1. The standard InChI is InChI=1S/C16H24N4O2/c1-3-20(15-8-10-19(2)11-9-15)16(21)17-12-13-4-6-14(18-22)7-5-13/h4-7,15H,3,8-12H2,1-2H3,(H,17,21). The van der Waals surface area contributed by atoms with Crippen LogP contribution in [0.3, 0.4) is 0 Å². The van der Waals surface area contributed by atoms with E-state index in [2.05, 4.69) is 22.4 Å². The number of piperidine rings is 1. The number of likely N-dealkylation sites (tertiary alicyclic amines) is 1. The number of nitrogens with one attached hydrogen (secondary N) is 1. The zero-order valence-electron chi connectivity index (χ0n) is 13.3. The minimum Gasteiger partial charge on any atom is -0.334 e. The monoisotopic (exact) mass is 304 g/mol. The lowest BCUT2D eigenvalue weighted by atomic mass is 10.0. The maximum atomic E-state index is 12.4. The zero-order chi connectivity index (χ0) is 15.9. The van der Waals surface area contributed by atoms with Crippen LogP contribution >= 0.6 is 0 Å². The molecule has 0 unspecified atom stereocenters. The molecule has 2 rings (SSSR count). The largest absolute Gasteiger partial charge is 0.334 e. The number of carbonyl (C=O) groups is 1. The van der Waals surface area contributed by atoms with Crippen molar-refractivity contribution >= 4 is 11.7 Å². The average Bonchev–Trinajstić information content (AvgIpc) is 2.56. The fourth-order valence-electron chi connectivity index (χ4n) is 2.83. The van der Waals surface area contributed by atoms with Crippen molar-refractivity contribution in [2.45, 2.75) is 32.4 Å². The summed E-state index contributed by atoms with van der Waals surface area (Å²) in [6, 6.07) is 7.23. The summed E-state index contributed by atoms with van der Waals surface area (Å²) in [6.45, 7) is 5.26. The van der Waals surface area contributed by atoms with Crippen LogP contribution in [0, 0.1) is 4.91 Å². The highest BCUT2D eigenvalue weighted by Crippen LogP contribution is 2.16. The normalized spacial score (nSPS) is 16.3. The Balaban J connectivity index is 1.87. The molecule has 22 heavy (non-hydrogen) atoms. The van der Waals surface area contributed by atoms with E-state index in [1.807, 2.05) is 24.0 Å². The van der Waals surface area contributed by atoms with Crippen molar-refractivity contribution in [2.75, 3.05) is 26.7 Å². The van der Waals surface area contributed by atoms with Crippen LogP contribution in [-0.2, 0) is 6.54 Å². The summed E-state index contributed by atoms with van der Waals surface area (Å²) in [5, 5.41) is 5.83. The second-order valence-electron chi connectivity index (χ2n) is 5.74. The van der Waals surface area contributed by atoms with Gasteiger partial charge in [0, 0.05) is 19.1 Å². The quantitative estimate of drug-likeness (QED) is 0.851. The molecule has 0 aromatic heterocycles. The molecule has 6 heteroatoms. The molecule has 1 saturated heterocycles. The molecule has 0 saturated carbocycles. The van der Waals surface area contributed by atoms with E-state index in [1.54, 1.807) is 12.1 Å². The van der Waals surface area contributed by atoms with Gasteiger partial charge >= 0.3 is 6.03 Å². The van der Waals surface area contributed by atoms with Gasteiger partial charge < -0.3 is 15.1 Å². The summed E-state index contributed by atoms with van der Waals surface area (Å²) in [7, 11) is 2.12. The van der Waals surface area contributed by atoms with Crippen molar-refractivity contribution in [2.24, 2.45) is 5.18 Å². The summed E-state index contributed by atoms with van der Waals surface area (Å²) < 4.78 is 0. The van der Waals surface area contributed by atoms with Crippen LogP contribution in [0.15, 0.2) is 29.4 Å². The molecule has 0 bridgehead atoms. The number of benzene rings is 1. The SMILES string of the molecule is CCN(C(=O)NCc1ccc(N=O)cc1)C1CCN(C)CC1. The van der Waals surface area contributed by atoms with E-state index in [-0.39, 0.29) is 6.03 Å². The number of amides is 2.